The van der Waals surface area contributed by atoms with Gasteiger partial charge in [0.05, 0.1) is 6.04 Å². The molecular formula is C20H17N3O. The van der Waals surface area contributed by atoms with E-state index in [1.54, 1.807) is 12.3 Å². The summed E-state index contributed by atoms with van der Waals surface area (Å²) in [5.41, 5.74) is 2.88. The quantitative estimate of drug-likeness (QED) is 0.565. The van der Waals surface area contributed by atoms with Gasteiger partial charge in [0.1, 0.15) is 11.6 Å². The molecule has 0 aliphatic carbocycles. The molecule has 2 aromatic carbocycles. The number of amides is 1. The topological polar surface area (TPSA) is 68.7 Å². The smallest absolute Gasteiger partial charge is 0.262 e. The van der Waals surface area contributed by atoms with Gasteiger partial charge >= 0.3 is 0 Å². The lowest BCUT2D eigenvalue weighted by Gasteiger charge is -2.13. The first-order valence-electron chi connectivity index (χ1n) is 7.73. The third kappa shape index (κ3) is 3.21. The molecule has 0 aliphatic heterocycles. The van der Waals surface area contributed by atoms with Crippen LogP contribution >= 0.6 is 0 Å². The van der Waals surface area contributed by atoms with E-state index in [1.165, 1.54) is 0 Å². The second kappa shape index (κ2) is 6.84. The van der Waals surface area contributed by atoms with Crippen LogP contribution in [0.2, 0.25) is 0 Å². The highest BCUT2D eigenvalue weighted by Crippen LogP contribution is 2.20. The summed E-state index contributed by atoms with van der Waals surface area (Å²) in [7, 11) is 0. The molecule has 1 amide bonds. The van der Waals surface area contributed by atoms with Crippen molar-refractivity contribution in [1.29, 1.82) is 5.26 Å². The third-order valence-corrected chi connectivity index (χ3v) is 3.93. The first-order chi connectivity index (χ1) is 11.7. The lowest BCUT2D eigenvalue weighted by atomic mass is 10.1. The zero-order chi connectivity index (χ0) is 16.9. The number of para-hydroxylation sites is 1. The van der Waals surface area contributed by atoms with Gasteiger partial charge in [-0.15, -0.1) is 0 Å². The minimum atomic E-state index is -0.376. The molecule has 0 saturated heterocycles. The number of nitriles is 1. The van der Waals surface area contributed by atoms with Gasteiger partial charge in [0.25, 0.3) is 5.91 Å². The molecule has 1 atom stereocenters. The Kier molecular flexibility index (Phi) is 4.44. The Morgan fingerprint density at radius 3 is 2.62 bits per heavy atom. The van der Waals surface area contributed by atoms with Crippen LogP contribution in [0.5, 0.6) is 0 Å². The standard InChI is InChI=1S/C20H17N3O/c1-14(15-7-3-2-4-8-15)23-20(24)16(12-21)11-17-13-22-19-10-6-5-9-18(17)19/h2-11,13-14,22H,1H3,(H,23,24)/t14-/m0/s1. The van der Waals surface area contributed by atoms with Crippen LogP contribution in [0.1, 0.15) is 24.1 Å². The maximum atomic E-state index is 12.4. The molecule has 1 aromatic heterocycles. The fourth-order valence-electron chi connectivity index (χ4n) is 2.62. The van der Waals surface area contributed by atoms with E-state index in [2.05, 4.69) is 10.3 Å². The van der Waals surface area contributed by atoms with E-state index in [1.807, 2.05) is 67.6 Å². The van der Waals surface area contributed by atoms with Gasteiger partial charge in [-0.05, 0) is 24.6 Å². The second-order valence-electron chi connectivity index (χ2n) is 5.57. The van der Waals surface area contributed by atoms with Gasteiger partial charge in [-0.3, -0.25) is 4.79 Å². The molecule has 0 fully saturated rings. The Balaban J connectivity index is 1.83. The largest absolute Gasteiger partial charge is 0.361 e. The van der Waals surface area contributed by atoms with Crippen molar-refractivity contribution in [3.63, 3.8) is 0 Å². The molecule has 0 unspecified atom stereocenters. The Labute approximate surface area is 140 Å². The molecule has 0 saturated carbocycles. The molecule has 24 heavy (non-hydrogen) atoms. The Bertz CT molecular complexity index is 932. The predicted molar refractivity (Wildman–Crippen MR) is 94.9 cm³/mol. The molecule has 0 spiro atoms. The maximum Gasteiger partial charge on any atom is 0.262 e. The number of nitrogens with zero attached hydrogens (tertiary/aromatic N) is 1. The molecule has 118 valence electrons. The fraction of sp³-hybridized carbons (Fsp3) is 0.100. The van der Waals surface area contributed by atoms with Crippen molar-refractivity contribution in [1.82, 2.24) is 10.3 Å². The van der Waals surface area contributed by atoms with E-state index >= 15 is 0 Å². The van der Waals surface area contributed by atoms with Gasteiger partial charge in [0.2, 0.25) is 0 Å². The van der Waals surface area contributed by atoms with Gasteiger partial charge in [0, 0.05) is 22.7 Å². The van der Waals surface area contributed by atoms with E-state index in [-0.39, 0.29) is 17.5 Å². The van der Waals surface area contributed by atoms with Crippen molar-refractivity contribution in [2.24, 2.45) is 0 Å². The van der Waals surface area contributed by atoms with Crippen LogP contribution in [0.3, 0.4) is 0 Å². The summed E-state index contributed by atoms with van der Waals surface area (Å²) in [5, 5.41) is 13.2. The number of rotatable bonds is 4. The number of hydrogen-bond acceptors (Lipinski definition) is 2. The van der Waals surface area contributed by atoms with Gasteiger partial charge in [0.15, 0.2) is 0 Å². The van der Waals surface area contributed by atoms with Crippen LogP contribution in [0.25, 0.3) is 17.0 Å². The summed E-state index contributed by atoms with van der Waals surface area (Å²) < 4.78 is 0. The zero-order valence-electron chi connectivity index (χ0n) is 13.3. The highest BCUT2D eigenvalue weighted by Gasteiger charge is 2.14. The van der Waals surface area contributed by atoms with Crippen molar-refractivity contribution in [3.8, 4) is 6.07 Å². The molecule has 3 rings (SSSR count). The molecular weight excluding hydrogens is 298 g/mol. The van der Waals surface area contributed by atoms with Gasteiger partial charge in [-0.25, -0.2) is 0 Å². The monoisotopic (exact) mass is 315 g/mol. The zero-order valence-corrected chi connectivity index (χ0v) is 13.3. The number of H-pyrrole nitrogens is 1. The Hall–Kier alpha value is -3.32. The minimum absolute atomic E-state index is 0.0857. The molecule has 4 heteroatoms. The number of nitrogens with one attached hydrogen (secondary N) is 2. The maximum absolute atomic E-state index is 12.4. The Morgan fingerprint density at radius 2 is 1.88 bits per heavy atom. The van der Waals surface area contributed by atoms with Crippen molar-refractivity contribution in [2.45, 2.75) is 13.0 Å². The number of hydrogen-bond donors (Lipinski definition) is 2. The van der Waals surface area contributed by atoms with Crippen LogP contribution < -0.4 is 5.32 Å². The van der Waals surface area contributed by atoms with Crippen LogP contribution in [0.15, 0.2) is 66.4 Å². The number of carbonyl (C=O) groups excluding carboxylic acids is 1. The van der Waals surface area contributed by atoms with E-state index in [0.717, 1.165) is 22.0 Å². The number of aromatic amines is 1. The predicted octanol–water partition coefficient (Wildman–Crippen LogP) is 3.95. The van der Waals surface area contributed by atoms with Crippen molar-refractivity contribution in [2.75, 3.05) is 0 Å². The molecule has 0 radical (unpaired) electrons. The summed E-state index contributed by atoms with van der Waals surface area (Å²) in [6.45, 7) is 1.90. The van der Waals surface area contributed by atoms with Crippen LogP contribution in [-0.2, 0) is 4.79 Å². The summed E-state index contributed by atoms with van der Waals surface area (Å²) in [6, 6.07) is 19.3. The number of aromatic nitrogens is 1. The fourth-order valence-corrected chi connectivity index (χ4v) is 2.62. The summed E-state index contributed by atoms with van der Waals surface area (Å²) in [6.07, 6.45) is 3.42. The normalized spacial score (nSPS) is 12.6. The average Bonchev–Trinajstić information content (AvgIpc) is 3.03. The lowest BCUT2D eigenvalue weighted by Crippen LogP contribution is -2.27. The average molecular weight is 315 g/mol. The molecule has 2 N–H and O–H groups in total. The first kappa shape index (κ1) is 15.6. The van der Waals surface area contributed by atoms with Gasteiger partial charge in [-0.2, -0.15) is 5.26 Å². The number of carbonyl (C=O) groups is 1. The molecule has 1 heterocycles. The van der Waals surface area contributed by atoms with Gasteiger partial charge < -0.3 is 10.3 Å². The van der Waals surface area contributed by atoms with Gasteiger partial charge in [-0.1, -0.05) is 48.5 Å². The first-order valence-corrected chi connectivity index (χ1v) is 7.73. The minimum Gasteiger partial charge on any atom is -0.361 e. The van der Waals surface area contributed by atoms with Crippen LogP contribution in [0, 0.1) is 11.3 Å². The van der Waals surface area contributed by atoms with Crippen molar-refractivity contribution >= 4 is 22.9 Å². The molecule has 3 aromatic rings. The van der Waals surface area contributed by atoms with E-state index in [4.69, 9.17) is 0 Å². The summed E-state index contributed by atoms with van der Waals surface area (Å²) in [4.78, 5) is 15.5. The third-order valence-electron chi connectivity index (χ3n) is 3.93. The van der Waals surface area contributed by atoms with Crippen molar-refractivity contribution < 1.29 is 4.79 Å². The second-order valence-corrected chi connectivity index (χ2v) is 5.57. The molecule has 0 aliphatic rings. The van der Waals surface area contributed by atoms with E-state index in [0.29, 0.717) is 0 Å². The highest BCUT2D eigenvalue weighted by molar-refractivity contribution is 6.04. The Morgan fingerprint density at radius 1 is 1.17 bits per heavy atom. The number of fused-ring (bicyclic) bond motifs is 1. The van der Waals surface area contributed by atoms with Crippen LogP contribution in [-0.4, -0.2) is 10.9 Å². The van der Waals surface area contributed by atoms with E-state index < -0.39 is 0 Å². The molecule has 0 bridgehead atoms. The lowest BCUT2D eigenvalue weighted by molar-refractivity contribution is -0.117. The van der Waals surface area contributed by atoms with E-state index in [9.17, 15) is 10.1 Å². The van der Waals surface area contributed by atoms with Crippen LogP contribution in [0.4, 0.5) is 0 Å². The summed E-state index contributed by atoms with van der Waals surface area (Å²) >= 11 is 0. The van der Waals surface area contributed by atoms with Crippen molar-refractivity contribution in [3.05, 3.63) is 77.5 Å². The summed E-state index contributed by atoms with van der Waals surface area (Å²) in [5.74, 6) is -0.376. The molecule has 4 nitrogen and oxygen atoms in total. The highest BCUT2D eigenvalue weighted by atomic mass is 16.1. The SMILES string of the molecule is C[C@H](NC(=O)C(C#N)=Cc1c[nH]c2ccccc12)c1ccccc1. The number of benzene rings is 2.